The molecule has 2 atom stereocenters. The Morgan fingerprint density at radius 1 is 1.50 bits per heavy atom. The summed E-state index contributed by atoms with van der Waals surface area (Å²) in [6.45, 7) is 7.29. The molecule has 5 heteroatoms. The van der Waals surface area contributed by atoms with Gasteiger partial charge >= 0.3 is 0 Å². The first-order valence-corrected chi connectivity index (χ1v) is 8.13. The fourth-order valence-electron chi connectivity index (χ4n) is 1.12. The van der Waals surface area contributed by atoms with Crippen molar-refractivity contribution >= 4 is 14.5 Å². The standard InChI is InChI=1S/C9H16N2O2Si/c1-14(2,3)13-11-5-9-7-12-6-8(9)4-10/h5,8-9H,6-7H2,1-3H3/b11-5+. The molecule has 14 heavy (non-hydrogen) atoms. The molecular weight excluding hydrogens is 196 g/mol. The van der Waals surface area contributed by atoms with Crippen molar-refractivity contribution in [3.63, 3.8) is 0 Å². The van der Waals surface area contributed by atoms with Gasteiger partial charge in [-0.25, -0.2) is 0 Å². The van der Waals surface area contributed by atoms with Crippen molar-refractivity contribution in [1.82, 2.24) is 0 Å². The third kappa shape index (κ3) is 3.48. The van der Waals surface area contributed by atoms with Crippen molar-refractivity contribution in [2.45, 2.75) is 19.6 Å². The second-order valence-corrected chi connectivity index (χ2v) is 8.80. The zero-order chi connectivity index (χ0) is 10.6. The van der Waals surface area contributed by atoms with E-state index in [0.29, 0.717) is 13.2 Å². The Kier molecular flexibility index (Phi) is 3.67. The Bertz CT molecular complexity index is 255. The van der Waals surface area contributed by atoms with Crippen LogP contribution in [-0.2, 0) is 9.26 Å². The number of ether oxygens (including phenoxy) is 1. The molecule has 1 aliphatic rings. The molecular formula is C9H16N2O2Si. The molecule has 0 bridgehead atoms. The van der Waals surface area contributed by atoms with Crippen molar-refractivity contribution < 1.29 is 9.26 Å². The average molecular weight is 212 g/mol. The largest absolute Gasteiger partial charge is 0.456 e. The van der Waals surface area contributed by atoms with Gasteiger partial charge in [-0.1, -0.05) is 0 Å². The van der Waals surface area contributed by atoms with E-state index in [2.05, 4.69) is 30.9 Å². The Labute approximate surface area is 85.6 Å². The predicted molar refractivity (Wildman–Crippen MR) is 56.3 cm³/mol. The highest BCUT2D eigenvalue weighted by atomic mass is 28.4. The van der Waals surface area contributed by atoms with Gasteiger partial charge in [0.25, 0.3) is 8.32 Å². The second-order valence-electron chi connectivity index (χ2n) is 4.40. The highest BCUT2D eigenvalue weighted by Gasteiger charge is 2.27. The minimum absolute atomic E-state index is 0.0658. The Morgan fingerprint density at radius 3 is 2.79 bits per heavy atom. The molecule has 0 N–H and O–H groups in total. The molecule has 0 saturated carbocycles. The summed E-state index contributed by atoms with van der Waals surface area (Å²) < 4.78 is 10.5. The van der Waals surface area contributed by atoms with Crippen LogP contribution in [-0.4, -0.2) is 27.7 Å². The first kappa shape index (κ1) is 11.2. The zero-order valence-electron chi connectivity index (χ0n) is 8.86. The minimum Gasteiger partial charge on any atom is -0.456 e. The van der Waals surface area contributed by atoms with Gasteiger partial charge < -0.3 is 9.26 Å². The van der Waals surface area contributed by atoms with Crippen molar-refractivity contribution in [2.24, 2.45) is 17.0 Å². The summed E-state index contributed by atoms with van der Waals surface area (Å²) in [5.41, 5.74) is 0. The lowest BCUT2D eigenvalue weighted by Crippen LogP contribution is -2.23. The van der Waals surface area contributed by atoms with Crippen LogP contribution in [0.5, 0.6) is 0 Å². The molecule has 1 heterocycles. The van der Waals surface area contributed by atoms with Crippen LogP contribution < -0.4 is 0 Å². The van der Waals surface area contributed by atoms with E-state index < -0.39 is 8.32 Å². The molecule has 0 aliphatic carbocycles. The van der Waals surface area contributed by atoms with Crippen LogP contribution in [0.15, 0.2) is 5.16 Å². The summed E-state index contributed by atoms with van der Waals surface area (Å²) in [6.07, 6.45) is 1.71. The highest BCUT2D eigenvalue weighted by molar-refractivity contribution is 6.69. The van der Waals surface area contributed by atoms with Crippen LogP contribution in [0.3, 0.4) is 0 Å². The summed E-state index contributed by atoms with van der Waals surface area (Å²) in [4.78, 5) is 0. The number of rotatable bonds is 3. The molecule has 78 valence electrons. The molecule has 0 aromatic heterocycles. The fraction of sp³-hybridized carbons (Fsp3) is 0.778. The van der Waals surface area contributed by atoms with E-state index in [1.807, 2.05) is 0 Å². The van der Waals surface area contributed by atoms with Crippen LogP contribution in [0, 0.1) is 23.2 Å². The third-order valence-corrected chi connectivity index (χ3v) is 2.52. The van der Waals surface area contributed by atoms with Gasteiger partial charge in [0.05, 0.1) is 25.2 Å². The monoisotopic (exact) mass is 212 g/mol. The molecule has 0 spiro atoms. The molecule has 0 radical (unpaired) electrons. The van der Waals surface area contributed by atoms with E-state index in [1.165, 1.54) is 0 Å². The van der Waals surface area contributed by atoms with Gasteiger partial charge in [0, 0.05) is 12.1 Å². The Hall–Kier alpha value is -0.863. The fourth-order valence-corrected chi connectivity index (χ4v) is 1.49. The quantitative estimate of drug-likeness (QED) is 0.406. The van der Waals surface area contributed by atoms with Crippen molar-refractivity contribution in [3.8, 4) is 6.07 Å². The number of nitrogens with zero attached hydrogens (tertiary/aromatic N) is 2. The van der Waals surface area contributed by atoms with E-state index in [1.54, 1.807) is 6.21 Å². The van der Waals surface area contributed by atoms with Gasteiger partial charge in [0.1, 0.15) is 0 Å². The maximum atomic E-state index is 8.77. The number of oxime groups is 1. The van der Waals surface area contributed by atoms with Crippen LogP contribution in [0.4, 0.5) is 0 Å². The van der Waals surface area contributed by atoms with Crippen molar-refractivity contribution in [2.75, 3.05) is 13.2 Å². The maximum Gasteiger partial charge on any atom is 0.278 e. The van der Waals surface area contributed by atoms with Gasteiger partial charge in [0.15, 0.2) is 0 Å². The summed E-state index contributed by atoms with van der Waals surface area (Å²) >= 11 is 0. The van der Waals surface area contributed by atoms with Gasteiger partial charge in [-0.15, -0.1) is 5.16 Å². The minimum atomic E-state index is -1.58. The molecule has 0 amide bonds. The number of hydrogen-bond acceptors (Lipinski definition) is 4. The summed E-state index contributed by atoms with van der Waals surface area (Å²) in [5.74, 6) is 0.0281. The molecule has 1 fully saturated rings. The molecule has 1 saturated heterocycles. The maximum absolute atomic E-state index is 8.77. The summed E-state index contributed by atoms with van der Waals surface area (Å²) in [6, 6.07) is 2.20. The van der Waals surface area contributed by atoms with E-state index in [4.69, 9.17) is 14.5 Å². The van der Waals surface area contributed by atoms with Gasteiger partial charge in [-0.3, -0.25) is 0 Å². The zero-order valence-corrected chi connectivity index (χ0v) is 9.86. The highest BCUT2D eigenvalue weighted by Crippen LogP contribution is 2.18. The molecule has 0 aromatic rings. The predicted octanol–water partition coefficient (Wildman–Crippen LogP) is 1.61. The van der Waals surface area contributed by atoms with Crippen molar-refractivity contribution in [3.05, 3.63) is 0 Å². The first-order chi connectivity index (χ1) is 6.53. The van der Waals surface area contributed by atoms with E-state index >= 15 is 0 Å². The molecule has 1 aliphatic heterocycles. The lowest BCUT2D eigenvalue weighted by Gasteiger charge is -2.13. The second kappa shape index (κ2) is 4.58. The van der Waals surface area contributed by atoms with Gasteiger partial charge in [-0.2, -0.15) is 5.26 Å². The summed E-state index contributed by atoms with van der Waals surface area (Å²) in [5, 5.41) is 12.7. The SMILES string of the molecule is C[Si](C)(C)O/N=C/C1COCC1C#N. The molecule has 1 rings (SSSR count). The Balaban J connectivity index is 2.41. The van der Waals surface area contributed by atoms with Gasteiger partial charge in [0.2, 0.25) is 0 Å². The van der Waals surface area contributed by atoms with Gasteiger partial charge in [-0.05, 0) is 19.6 Å². The first-order valence-electron chi connectivity index (χ1n) is 4.72. The van der Waals surface area contributed by atoms with E-state index in [-0.39, 0.29) is 11.8 Å². The van der Waals surface area contributed by atoms with Crippen LogP contribution >= 0.6 is 0 Å². The van der Waals surface area contributed by atoms with Crippen molar-refractivity contribution in [1.29, 1.82) is 5.26 Å². The van der Waals surface area contributed by atoms with Crippen LogP contribution in [0.1, 0.15) is 0 Å². The number of nitriles is 1. The third-order valence-electron chi connectivity index (χ3n) is 1.87. The summed E-state index contributed by atoms with van der Waals surface area (Å²) in [7, 11) is -1.58. The lowest BCUT2D eigenvalue weighted by molar-refractivity contribution is 0.188. The molecule has 0 aromatic carbocycles. The van der Waals surface area contributed by atoms with Crippen LogP contribution in [0.2, 0.25) is 19.6 Å². The molecule has 4 nitrogen and oxygen atoms in total. The Morgan fingerprint density at radius 2 is 2.21 bits per heavy atom. The lowest BCUT2D eigenvalue weighted by atomic mass is 9.99. The van der Waals surface area contributed by atoms with E-state index in [0.717, 1.165) is 0 Å². The topological polar surface area (TPSA) is 54.6 Å². The van der Waals surface area contributed by atoms with Crippen LogP contribution in [0.25, 0.3) is 0 Å². The smallest absolute Gasteiger partial charge is 0.278 e. The molecule has 2 unspecified atom stereocenters. The average Bonchev–Trinajstić information content (AvgIpc) is 2.49. The van der Waals surface area contributed by atoms with E-state index in [9.17, 15) is 0 Å². The number of hydrogen-bond donors (Lipinski definition) is 0. The normalized spacial score (nSPS) is 27.9.